The lowest BCUT2D eigenvalue weighted by atomic mass is 9.88. The fraction of sp³-hybridized carbons (Fsp3) is 0.846. The topological polar surface area (TPSA) is 54.4 Å². The van der Waals surface area contributed by atoms with Crippen molar-refractivity contribution in [2.45, 2.75) is 68.5 Å². The number of hydrogen-bond donors (Lipinski definition) is 1. The van der Waals surface area contributed by atoms with Crippen LogP contribution in [0.1, 0.15) is 52.4 Å². The van der Waals surface area contributed by atoms with Gasteiger partial charge in [0.05, 0.1) is 16.1 Å². The number of rotatable bonds is 3. The van der Waals surface area contributed by atoms with Crippen molar-refractivity contribution >= 4 is 9.84 Å². The first-order valence-corrected chi connectivity index (χ1v) is 8.03. The molecule has 0 radical (unpaired) electrons. The Morgan fingerprint density at radius 3 is 2.29 bits per heavy atom. The molecule has 0 spiro atoms. The Morgan fingerprint density at radius 2 is 1.82 bits per heavy atom. The van der Waals surface area contributed by atoms with Crippen molar-refractivity contribution in [3.05, 3.63) is 11.6 Å². The first-order valence-electron chi connectivity index (χ1n) is 6.42. The minimum absolute atomic E-state index is 0.280. The molecule has 2 rings (SSSR count). The standard InChI is InChI=1S/C13H22O3S/c1-10(2)4-3-7-13(14)8-11-5-6-12(9-13)17(11,15)16/h4,11-12,14H,3,5-9H2,1-2H3. The van der Waals surface area contributed by atoms with Gasteiger partial charge in [-0.1, -0.05) is 11.6 Å². The summed E-state index contributed by atoms with van der Waals surface area (Å²) in [4.78, 5) is 0. The van der Waals surface area contributed by atoms with Crippen molar-refractivity contribution in [1.29, 1.82) is 0 Å². The molecule has 17 heavy (non-hydrogen) atoms. The second-order valence-electron chi connectivity index (χ2n) is 5.86. The van der Waals surface area contributed by atoms with Crippen LogP contribution in [-0.4, -0.2) is 29.6 Å². The lowest BCUT2D eigenvalue weighted by Crippen LogP contribution is -2.44. The summed E-state index contributed by atoms with van der Waals surface area (Å²) >= 11 is 0. The molecule has 0 aromatic rings. The summed E-state index contributed by atoms with van der Waals surface area (Å²) in [6.07, 6.45) is 6.04. The Labute approximate surface area is 104 Å². The SMILES string of the molecule is CC(C)=CCCC1(O)CC2CCC(C1)S2(=O)=O. The van der Waals surface area contributed by atoms with E-state index in [9.17, 15) is 13.5 Å². The van der Waals surface area contributed by atoms with Crippen LogP contribution in [0.2, 0.25) is 0 Å². The minimum Gasteiger partial charge on any atom is -0.390 e. The molecule has 98 valence electrons. The van der Waals surface area contributed by atoms with E-state index < -0.39 is 15.4 Å². The second kappa shape index (κ2) is 4.39. The third-order valence-corrected chi connectivity index (χ3v) is 6.78. The zero-order chi connectivity index (χ0) is 12.7. The molecule has 0 aromatic heterocycles. The van der Waals surface area contributed by atoms with E-state index in [2.05, 4.69) is 6.08 Å². The third kappa shape index (κ3) is 2.58. The van der Waals surface area contributed by atoms with Crippen molar-refractivity contribution < 1.29 is 13.5 Å². The fourth-order valence-corrected chi connectivity index (χ4v) is 5.73. The highest BCUT2D eigenvalue weighted by Crippen LogP contribution is 2.44. The molecule has 2 bridgehead atoms. The van der Waals surface area contributed by atoms with E-state index in [0.717, 1.165) is 19.3 Å². The Balaban J connectivity index is 2.03. The number of aliphatic hydroxyl groups is 1. The number of allylic oxidation sites excluding steroid dienone is 2. The molecule has 0 saturated carbocycles. The van der Waals surface area contributed by atoms with Gasteiger partial charge in [0.15, 0.2) is 9.84 Å². The van der Waals surface area contributed by atoms with E-state index in [0.29, 0.717) is 19.3 Å². The van der Waals surface area contributed by atoms with Crippen molar-refractivity contribution in [2.75, 3.05) is 0 Å². The van der Waals surface area contributed by atoms with E-state index >= 15 is 0 Å². The number of hydrogen-bond acceptors (Lipinski definition) is 3. The summed E-state index contributed by atoms with van der Waals surface area (Å²) in [6, 6.07) is 0. The Kier molecular flexibility index (Phi) is 3.38. The monoisotopic (exact) mass is 258 g/mol. The van der Waals surface area contributed by atoms with Crippen LogP contribution in [0.15, 0.2) is 11.6 Å². The molecule has 2 atom stereocenters. The molecule has 2 aliphatic heterocycles. The van der Waals surface area contributed by atoms with Crippen LogP contribution in [0.5, 0.6) is 0 Å². The fourth-order valence-electron chi connectivity index (χ4n) is 3.17. The number of sulfone groups is 1. The van der Waals surface area contributed by atoms with Gasteiger partial charge in [0.25, 0.3) is 0 Å². The minimum atomic E-state index is -2.92. The molecular formula is C13H22O3S. The van der Waals surface area contributed by atoms with Crippen LogP contribution in [0.3, 0.4) is 0 Å². The van der Waals surface area contributed by atoms with Gasteiger partial charge in [0.1, 0.15) is 0 Å². The van der Waals surface area contributed by atoms with Crippen LogP contribution < -0.4 is 0 Å². The van der Waals surface area contributed by atoms with Crippen molar-refractivity contribution in [3.63, 3.8) is 0 Å². The van der Waals surface area contributed by atoms with Crippen molar-refractivity contribution in [2.24, 2.45) is 0 Å². The second-order valence-corrected chi connectivity index (χ2v) is 8.37. The van der Waals surface area contributed by atoms with Crippen LogP contribution >= 0.6 is 0 Å². The molecule has 3 nitrogen and oxygen atoms in total. The van der Waals surface area contributed by atoms with Gasteiger partial charge in [-0.15, -0.1) is 0 Å². The molecular weight excluding hydrogens is 236 g/mol. The Bertz CT molecular complexity index is 398. The third-order valence-electron chi connectivity index (χ3n) is 4.12. The van der Waals surface area contributed by atoms with E-state index in [4.69, 9.17) is 0 Å². The summed E-state index contributed by atoms with van der Waals surface area (Å²) in [5, 5.41) is 9.94. The predicted molar refractivity (Wildman–Crippen MR) is 68.6 cm³/mol. The maximum atomic E-state index is 11.9. The highest BCUT2D eigenvalue weighted by Gasteiger charge is 2.51. The summed E-state index contributed by atoms with van der Waals surface area (Å²) in [5.41, 5.74) is 0.503. The molecule has 2 unspecified atom stereocenters. The van der Waals surface area contributed by atoms with E-state index in [-0.39, 0.29) is 10.5 Å². The Morgan fingerprint density at radius 1 is 1.29 bits per heavy atom. The van der Waals surface area contributed by atoms with Crippen LogP contribution in [0.4, 0.5) is 0 Å². The molecule has 2 aliphatic rings. The van der Waals surface area contributed by atoms with Gasteiger partial charge in [0.2, 0.25) is 0 Å². The first kappa shape index (κ1) is 13.1. The molecule has 1 N–H and O–H groups in total. The summed E-state index contributed by atoms with van der Waals surface area (Å²) < 4.78 is 23.8. The van der Waals surface area contributed by atoms with Crippen molar-refractivity contribution in [1.82, 2.24) is 0 Å². The average Bonchev–Trinajstić information content (AvgIpc) is 2.39. The zero-order valence-electron chi connectivity index (χ0n) is 10.6. The molecule has 4 heteroatoms. The summed E-state index contributed by atoms with van der Waals surface area (Å²) in [7, 11) is -2.92. The Hall–Kier alpha value is -0.350. The molecule has 2 saturated heterocycles. The largest absolute Gasteiger partial charge is 0.390 e. The van der Waals surface area contributed by atoms with Gasteiger partial charge in [0, 0.05) is 0 Å². The quantitative estimate of drug-likeness (QED) is 0.790. The highest BCUT2D eigenvalue weighted by atomic mass is 32.2. The van der Waals surface area contributed by atoms with E-state index in [1.807, 2.05) is 13.8 Å². The average molecular weight is 258 g/mol. The van der Waals surface area contributed by atoms with Gasteiger partial charge in [-0.3, -0.25) is 0 Å². The maximum Gasteiger partial charge on any atom is 0.156 e. The predicted octanol–water partition coefficient (Wildman–Crippen LogP) is 2.20. The van der Waals surface area contributed by atoms with Gasteiger partial charge < -0.3 is 5.11 Å². The lowest BCUT2D eigenvalue weighted by Gasteiger charge is -2.36. The van der Waals surface area contributed by atoms with E-state index in [1.54, 1.807) is 0 Å². The number of fused-ring (bicyclic) bond motifs is 2. The van der Waals surface area contributed by atoms with Crippen LogP contribution in [0.25, 0.3) is 0 Å². The van der Waals surface area contributed by atoms with Gasteiger partial charge in [-0.2, -0.15) is 0 Å². The van der Waals surface area contributed by atoms with Gasteiger partial charge >= 0.3 is 0 Å². The zero-order valence-corrected chi connectivity index (χ0v) is 11.5. The van der Waals surface area contributed by atoms with Gasteiger partial charge in [-0.05, 0) is 52.4 Å². The van der Waals surface area contributed by atoms with Crippen LogP contribution in [0, 0.1) is 0 Å². The molecule has 0 amide bonds. The summed E-state index contributed by atoms with van der Waals surface area (Å²) in [6.45, 7) is 4.08. The molecule has 2 heterocycles. The molecule has 2 fully saturated rings. The van der Waals surface area contributed by atoms with Crippen LogP contribution in [-0.2, 0) is 9.84 Å². The maximum absolute atomic E-state index is 11.9. The molecule has 0 aliphatic carbocycles. The summed E-state index contributed by atoms with van der Waals surface area (Å²) in [5.74, 6) is 0. The normalized spacial score (nSPS) is 39.0. The lowest BCUT2D eigenvalue weighted by molar-refractivity contribution is 0.0141. The van der Waals surface area contributed by atoms with Gasteiger partial charge in [-0.25, -0.2) is 8.42 Å². The smallest absolute Gasteiger partial charge is 0.156 e. The van der Waals surface area contributed by atoms with Crippen molar-refractivity contribution in [3.8, 4) is 0 Å². The highest BCUT2D eigenvalue weighted by molar-refractivity contribution is 7.93. The van der Waals surface area contributed by atoms with E-state index in [1.165, 1.54) is 5.57 Å². The molecule has 0 aromatic carbocycles. The first-order chi connectivity index (χ1) is 7.83.